The number of pyridine rings is 1. The quantitative estimate of drug-likeness (QED) is 0.684. The van der Waals surface area contributed by atoms with Gasteiger partial charge < -0.3 is 4.90 Å². The van der Waals surface area contributed by atoms with Gasteiger partial charge in [-0.15, -0.1) is 0 Å². The molecule has 1 saturated heterocycles. The molecule has 29 heavy (non-hydrogen) atoms. The van der Waals surface area contributed by atoms with Crippen LogP contribution < -0.4 is 16.0 Å². The molecule has 0 bridgehead atoms. The second-order valence-electron chi connectivity index (χ2n) is 8.80. The second-order valence-corrected chi connectivity index (χ2v) is 8.80. The van der Waals surface area contributed by atoms with E-state index in [1.807, 2.05) is 24.3 Å². The Balaban J connectivity index is 1.47. The first-order valence-corrected chi connectivity index (χ1v) is 10.1. The number of piperidine rings is 1. The van der Waals surface area contributed by atoms with Gasteiger partial charge in [-0.05, 0) is 37.0 Å². The van der Waals surface area contributed by atoms with Crippen LogP contribution in [0, 0.1) is 5.92 Å². The van der Waals surface area contributed by atoms with Crippen molar-refractivity contribution in [3.05, 3.63) is 69.0 Å². The first-order chi connectivity index (χ1) is 13.8. The van der Waals surface area contributed by atoms with Gasteiger partial charge in [0.25, 0.3) is 11.1 Å². The van der Waals surface area contributed by atoms with Crippen molar-refractivity contribution in [3.63, 3.8) is 0 Å². The molecule has 0 radical (unpaired) electrons. The third kappa shape index (κ3) is 4.09. The van der Waals surface area contributed by atoms with Gasteiger partial charge in [0.2, 0.25) is 0 Å². The highest BCUT2D eigenvalue weighted by molar-refractivity contribution is 5.48. The molecule has 152 valence electrons. The van der Waals surface area contributed by atoms with Gasteiger partial charge in [-0.3, -0.25) is 14.0 Å². The highest BCUT2D eigenvalue weighted by atomic mass is 16.1. The van der Waals surface area contributed by atoms with Crippen LogP contribution in [0.3, 0.4) is 0 Å². The van der Waals surface area contributed by atoms with E-state index in [2.05, 4.69) is 35.8 Å². The first kappa shape index (κ1) is 19.4. The predicted molar refractivity (Wildman–Crippen MR) is 114 cm³/mol. The van der Waals surface area contributed by atoms with Crippen LogP contribution in [0.2, 0.25) is 0 Å². The van der Waals surface area contributed by atoms with E-state index in [9.17, 15) is 9.59 Å². The fourth-order valence-corrected chi connectivity index (χ4v) is 3.77. The Hall–Kier alpha value is -2.96. The van der Waals surface area contributed by atoms with Crippen molar-refractivity contribution in [2.24, 2.45) is 5.92 Å². The minimum Gasteiger partial charge on any atom is -0.356 e. The van der Waals surface area contributed by atoms with Crippen molar-refractivity contribution >= 4 is 11.5 Å². The lowest BCUT2D eigenvalue weighted by Gasteiger charge is -2.33. The topological polar surface area (TPSA) is 72.5 Å². The summed E-state index contributed by atoms with van der Waals surface area (Å²) in [7, 11) is 0. The van der Waals surface area contributed by atoms with Crippen LogP contribution in [0.4, 0.5) is 5.82 Å². The Bertz CT molecular complexity index is 1130. The van der Waals surface area contributed by atoms with Gasteiger partial charge >= 0.3 is 0 Å². The highest BCUT2D eigenvalue weighted by Crippen LogP contribution is 2.23. The second kappa shape index (κ2) is 7.46. The van der Waals surface area contributed by atoms with E-state index >= 15 is 0 Å². The van der Waals surface area contributed by atoms with Crippen molar-refractivity contribution in [1.29, 1.82) is 0 Å². The minimum atomic E-state index is -0.0887. The van der Waals surface area contributed by atoms with Crippen LogP contribution in [0.5, 0.6) is 0 Å². The summed E-state index contributed by atoms with van der Waals surface area (Å²) < 4.78 is 3.16. The average Bonchev–Trinajstić information content (AvgIpc) is 2.69. The average molecular weight is 393 g/mol. The molecule has 0 atom stereocenters. The molecule has 7 nitrogen and oxygen atoms in total. The SMILES string of the molecule is CC(C)(C)c1ccc(=O)n(CC2CCN(c3cc(=O)n4ccccc4n3)CC2)n1. The molecular formula is C22H27N5O2. The molecule has 0 spiro atoms. The van der Waals surface area contributed by atoms with Crippen LogP contribution in [0.1, 0.15) is 39.3 Å². The van der Waals surface area contributed by atoms with Gasteiger partial charge in [0.15, 0.2) is 0 Å². The van der Waals surface area contributed by atoms with Crippen LogP contribution in [-0.4, -0.2) is 32.3 Å². The Morgan fingerprint density at radius 3 is 2.52 bits per heavy atom. The lowest BCUT2D eigenvalue weighted by Crippen LogP contribution is -2.38. The summed E-state index contributed by atoms with van der Waals surface area (Å²) in [6.07, 6.45) is 3.60. The van der Waals surface area contributed by atoms with Crippen molar-refractivity contribution in [3.8, 4) is 0 Å². The fraction of sp³-hybridized carbons (Fsp3) is 0.455. The van der Waals surface area contributed by atoms with E-state index < -0.39 is 0 Å². The Labute approximate surface area is 169 Å². The Morgan fingerprint density at radius 2 is 1.79 bits per heavy atom. The molecule has 0 unspecified atom stereocenters. The van der Waals surface area contributed by atoms with Crippen molar-refractivity contribution in [1.82, 2.24) is 19.2 Å². The molecule has 0 aliphatic carbocycles. The third-order valence-corrected chi connectivity index (χ3v) is 5.56. The monoisotopic (exact) mass is 393 g/mol. The largest absolute Gasteiger partial charge is 0.356 e. The number of hydrogen-bond donors (Lipinski definition) is 0. The normalized spacial score (nSPS) is 15.8. The van der Waals surface area contributed by atoms with Gasteiger partial charge in [-0.1, -0.05) is 26.8 Å². The fourth-order valence-electron chi connectivity index (χ4n) is 3.77. The zero-order valence-corrected chi connectivity index (χ0v) is 17.2. The van der Waals surface area contributed by atoms with Gasteiger partial charge in [0.1, 0.15) is 11.5 Å². The molecule has 1 fully saturated rings. The molecule has 4 heterocycles. The van der Waals surface area contributed by atoms with Crippen LogP contribution >= 0.6 is 0 Å². The van der Waals surface area contributed by atoms with Gasteiger partial charge in [0, 0.05) is 43.4 Å². The molecular weight excluding hydrogens is 366 g/mol. The molecule has 4 rings (SSSR count). The number of anilines is 1. The van der Waals surface area contributed by atoms with Crippen molar-refractivity contribution < 1.29 is 0 Å². The minimum absolute atomic E-state index is 0.0513. The summed E-state index contributed by atoms with van der Waals surface area (Å²) in [5, 5.41) is 4.59. The lowest BCUT2D eigenvalue weighted by molar-refractivity contribution is 0.329. The summed E-state index contributed by atoms with van der Waals surface area (Å²) in [5.41, 5.74) is 1.38. The van der Waals surface area contributed by atoms with Crippen LogP contribution in [0.15, 0.2) is 52.2 Å². The summed E-state index contributed by atoms with van der Waals surface area (Å²) in [5.74, 6) is 1.11. The Kier molecular flexibility index (Phi) is 4.98. The van der Waals surface area contributed by atoms with Gasteiger partial charge in [0.05, 0.1) is 5.69 Å². The molecule has 0 amide bonds. The van der Waals surface area contributed by atoms with E-state index in [1.165, 1.54) is 0 Å². The maximum atomic E-state index is 12.3. The van der Waals surface area contributed by atoms with E-state index in [1.54, 1.807) is 27.4 Å². The summed E-state index contributed by atoms with van der Waals surface area (Å²) >= 11 is 0. The standard InChI is InChI=1S/C22H27N5O2/c1-22(2,3)17-7-8-20(28)27(24-17)15-16-9-12-25(13-10-16)19-14-21(29)26-11-5-4-6-18(26)23-19/h4-8,11,14,16H,9-10,12-13,15H2,1-3H3. The molecule has 7 heteroatoms. The van der Waals surface area contributed by atoms with E-state index in [0.29, 0.717) is 18.1 Å². The van der Waals surface area contributed by atoms with Crippen LogP contribution in [0.25, 0.3) is 5.65 Å². The molecule has 0 saturated carbocycles. The first-order valence-electron chi connectivity index (χ1n) is 10.1. The van der Waals surface area contributed by atoms with Crippen molar-refractivity contribution in [2.75, 3.05) is 18.0 Å². The van der Waals surface area contributed by atoms with Crippen molar-refractivity contribution in [2.45, 2.75) is 45.6 Å². The van der Waals surface area contributed by atoms with Gasteiger partial charge in [-0.2, -0.15) is 5.10 Å². The maximum Gasteiger partial charge on any atom is 0.266 e. The van der Waals surface area contributed by atoms with E-state index in [0.717, 1.165) is 37.4 Å². The predicted octanol–water partition coefficient (Wildman–Crippen LogP) is 2.47. The molecule has 3 aromatic heterocycles. The molecule has 1 aliphatic heterocycles. The number of rotatable bonds is 3. The maximum absolute atomic E-state index is 12.3. The van der Waals surface area contributed by atoms with E-state index in [-0.39, 0.29) is 16.5 Å². The van der Waals surface area contributed by atoms with Crippen LogP contribution in [-0.2, 0) is 12.0 Å². The summed E-state index contributed by atoms with van der Waals surface area (Å²) in [4.78, 5) is 31.4. The summed E-state index contributed by atoms with van der Waals surface area (Å²) in [6, 6.07) is 10.6. The molecule has 0 aromatic carbocycles. The zero-order chi connectivity index (χ0) is 20.6. The Morgan fingerprint density at radius 1 is 1.03 bits per heavy atom. The molecule has 3 aromatic rings. The zero-order valence-electron chi connectivity index (χ0n) is 17.2. The van der Waals surface area contributed by atoms with Gasteiger partial charge in [-0.25, -0.2) is 9.67 Å². The number of nitrogens with zero attached hydrogens (tertiary/aromatic N) is 5. The number of aromatic nitrogens is 4. The highest BCUT2D eigenvalue weighted by Gasteiger charge is 2.23. The summed E-state index contributed by atoms with van der Waals surface area (Å²) in [6.45, 7) is 8.55. The number of fused-ring (bicyclic) bond motifs is 1. The van der Waals surface area contributed by atoms with E-state index in [4.69, 9.17) is 0 Å². The molecule has 0 N–H and O–H groups in total. The molecule has 1 aliphatic rings. The smallest absolute Gasteiger partial charge is 0.266 e. The number of hydrogen-bond acceptors (Lipinski definition) is 5. The lowest BCUT2D eigenvalue weighted by atomic mass is 9.92. The third-order valence-electron chi connectivity index (χ3n) is 5.56.